The maximum Gasteiger partial charge on any atom is 0.418 e. The van der Waals surface area contributed by atoms with Gasteiger partial charge in [0.15, 0.2) is 0 Å². The Kier molecular flexibility index (Phi) is 5.40. The molecule has 0 radical (unpaired) electrons. The van der Waals surface area contributed by atoms with Crippen molar-refractivity contribution in [3.8, 4) is 0 Å². The van der Waals surface area contributed by atoms with E-state index in [0.717, 1.165) is 43.3 Å². The average Bonchev–Trinajstić information content (AvgIpc) is 2.54. The van der Waals surface area contributed by atoms with Crippen LogP contribution in [0.3, 0.4) is 0 Å². The second kappa shape index (κ2) is 7.23. The SMILES string of the molecule is CC(=O)Nc1ccc(NS(=O)(=O)c2ccc([N+](=O)[O-])cc2)c(C(F)(F)F)c1. The molecule has 2 N–H and O–H groups in total. The Morgan fingerprint density at radius 2 is 1.70 bits per heavy atom. The quantitative estimate of drug-likeness (QED) is 0.586. The molecule has 0 aliphatic rings. The summed E-state index contributed by atoms with van der Waals surface area (Å²) in [5.41, 5.74) is -2.59. The molecule has 0 fully saturated rings. The first-order chi connectivity index (χ1) is 12.4. The minimum absolute atomic E-state index is 0.159. The Morgan fingerprint density at radius 3 is 2.19 bits per heavy atom. The molecule has 2 aromatic carbocycles. The third kappa shape index (κ3) is 4.94. The van der Waals surface area contributed by atoms with Gasteiger partial charge in [0.05, 0.1) is 21.1 Å². The molecule has 0 spiro atoms. The molecule has 0 saturated carbocycles. The molecule has 0 bridgehead atoms. The molecule has 0 aliphatic carbocycles. The number of carbonyl (C=O) groups excluding carboxylic acids is 1. The molecule has 2 aromatic rings. The van der Waals surface area contributed by atoms with Gasteiger partial charge in [-0.3, -0.25) is 19.6 Å². The fourth-order valence-electron chi connectivity index (χ4n) is 2.10. The number of nitrogens with zero attached hydrogens (tertiary/aromatic N) is 1. The van der Waals surface area contributed by atoms with Gasteiger partial charge in [-0.1, -0.05) is 0 Å². The number of carbonyl (C=O) groups is 1. The first kappa shape index (κ1) is 20.2. The number of nitro groups is 1. The van der Waals surface area contributed by atoms with E-state index in [-0.39, 0.29) is 11.4 Å². The predicted octanol–water partition coefficient (Wildman–Crippen LogP) is 3.37. The number of non-ortho nitro benzene ring substituents is 1. The zero-order chi connectivity index (χ0) is 20.4. The smallest absolute Gasteiger partial charge is 0.326 e. The molecular formula is C15H12F3N3O5S. The van der Waals surface area contributed by atoms with Crippen LogP contribution < -0.4 is 10.0 Å². The van der Waals surface area contributed by atoms with Gasteiger partial charge in [-0.2, -0.15) is 13.2 Å². The number of hydrogen-bond donors (Lipinski definition) is 2. The number of benzene rings is 2. The molecule has 2 rings (SSSR count). The number of anilines is 2. The van der Waals surface area contributed by atoms with Crippen molar-refractivity contribution in [1.82, 2.24) is 0 Å². The number of rotatable bonds is 5. The number of nitro benzene ring substituents is 1. The number of alkyl halides is 3. The van der Waals surface area contributed by atoms with Gasteiger partial charge in [-0.25, -0.2) is 8.42 Å². The molecule has 0 atom stereocenters. The van der Waals surface area contributed by atoms with Crippen LogP contribution in [-0.2, 0) is 21.0 Å². The van der Waals surface area contributed by atoms with Crippen LogP contribution >= 0.6 is 0 Å². The van der Waals surface area contributed by atoms with Gasteiger partial charge in [0, 0.05) is 24.7 Å². The van der Waals surface area contributed by atoms with E-state index in [9.17, 15) is 36.5 Å². The predicted molar refractivity (Wildman–Crippen MR) is 89.7 cm³/mol. The highest BCUT2D eigenvalue weighted by Gasteiger charge is 2.35. The Hall–Kier alpha value is -3.15. The number of amides is 1. The van der Waals surface area contributed by atoms with E-state index in [4.69, 9.17) is 0 Å². The first-order valence-corrected chi connectivity index (χ1v) is 8.64. The van der Waals surface area contributed by atoms with Crippen molar-refractivity contribution in [3.63, 3.8) is 0 Å². The van der Waals surface area contributed by atoms with E-state index in [2.05, 4.69) is 5.32 Å². The van der Waals surface area contributed by atoms with E-state index in [1.54, 1.807) is 0 Å². The average molecular weight is 403 g/mol. The summed E-state index contributed by atoms with van der Waals surface area (Å²) in [6.07, 6.45) is -4.90. The highest BCUT2D eigenvalue weighted by molar-refractivity contribution is 7.92. The fourth-order valence-corrected chi connectivity index (χ4v) is 3.18. The van der Waals surface area contributed by atoms with Crippen molar-refractivity contribution >= 4 is 33.0 Å². The summed E-state index contributed by atoms with van der Waals surface area (Å²) >= 11 is 0. The molecule has 27 heavy (non-hydrogen) atoms. The normalized spacial score (nSPS) is 11.7. The largest absolute Gasteiger partial charge is 0.418 e. The monoisotopic (exact) mass is 403 g/mol. The van der Waals surface area contributed by atoms with E-state index >= 15 is 0 Å². The lowest BCUT2D eigenvalue weighted by molar-refractivity contribution is -0.384. The Balaban J connectivity index is 2.42. The summed E-state index contributed by atoms with van der Waals surface area (Å²) in [6.45, 7) is 1.11. The fraction of sp³-hybridized carbons (Fsp3) is 0.133. The number of sulfonamides is 1. The van der Waals surface area contributed by atoms with Gasteiger partial charge >= 0.3 is 6.18 Å². The summed E-state index contributed by atoms with van der Waals surface area (Å²) in [6, 6.07) is 6.19. The van der Waals surface area contributed by atoms with Crippen molar-refractivity contribution in [2.24, 2.45) is 0 Å². The summed E-state index contributed by atoms with van der Waals surface area (Å²) in [4.78, 5) is 20.4. The minimum atomic E-state index is -4.90. The summed E-state index contributed by atoms with van der Waals surface area (Å²) < 4.78 is 66.2. The topological polar surface area (TPSA) is 118 Å². The molecule has 0 aromatic heterocycles. The highest BCUT2D eigenvalue weighted by Crippen LogP contribution is 2.37. The van der Waals surface area contributed by atoms with Gasteiger partial charge in [-0.05, 0) is 30.3 Å². The number of hydrogen-bond acceptors (Lipinski definition) is 5. The van der Waals surface area contributed by atoms with Crippen molar-refractivity contribution < 1.29 is 31.3 Å². The van der Waals surface area contributed by atoms with Gasteiger partial charge in [0.2, 0.25) is 5.91 Å². The van der Waals surface area contributed by atoms with Crippen LogP contribution in [-0.4, -0.2) is 19.2 Å². The maximum absolute atomic E-state index is 13.3. The molecule has 1 amide bonds. The van der Waals surface area contributed by atoms with Crippen LogP contribution in [0, 0.1) is 10.1 Å². The van der Waals surface area contributed by atoms with Crippen LogP contribution in [0.2, 0.25) is 0 Å². The summed E-state index contributed by atoms with van der Waals surface area (Å²) in [5, 5.41) is 12.8. The van der Waals surface area contributed by atoms with E-state index in [0.29, 0.717) is 6.07 Å². The molecule has 12 heteroatoms. The van der Waals surface area contributed by atoms with Crippen molar-refractivity contribution in [1.29, 1.82) is 0 Å². The Labute approximate surface area is 151 Å². The maximum atomic E-state index is 13.3. The van der Waals surface area contributed by atoms with Crippen molar-refractivity contribution in [2.75, 3.05) is 10.0 Å². The van der Waals surface area contributed by atoms with Crippen molar-refractivity contribution in [2.45, 2.75) is 18.0 Å². The molecule has 0 aliphatic heterocycles. The Bertz CT molecular complexity index is 989. The molecule has 0 saturated heterocycles. The van der Waals surface area contributed by atoms with Crippen LogP contribution in [0.5, 0.6) is 0 Å². The van der Waals surface area contributed by atoms with Gasteiger partial charge in [-0.15, -0.1) is 0 Å². The van der Waals surface area contributed by atoms with Crippen molar-refractivity contribution in [3.05, 3.63) is 58.1 Å². The van der Waals surface area contributed by atoms with Crippen LogP contribution in [0.25, 0.3) is 0 Å². The highest BCUT2D eigenvalue weighted by atomic mass is 32.2. The minimum Gasteiger partial charge on any atom is -0.326 e. The number of halogens is 3. The lowest BCUT2D eigenvalue weighted by atomic mass is 10.1. The lowest BCUT2D eigenvalue weighted by Crippen LogP contribution is -2.18. The summed E-state index contributed by atoms with van der Waals surface area (Å²) in [7, 11) is -4.43. The van der Waals surface area contributed by atoms with Crippen LogP contribution in [0.15, 0.2) is 47.4 Å². The zero-order valence-electron chi connectivity index (χ0n) is 13.6. The van der Waals surface area contributed by atoms with Crippen LogP contribution in [0.1, 0.15) is 12.5 Å². The third-order valence-electron chi connectivity index (χ3n) is 3.25. The first-order valence-electron chi connectivity index (χ1n) is 7.16. The van der Waals surface area contributed by atoms with Crippen LogP contribution in [0.4, 0.5) is 30.2 Å². The van der Waals surface area contributed by atoms with Gasteiger partial charge < -0.3 is 5.32 Å². The molecule has 8 nitrogen and oxygen atoms in total. The lowest BCUT2D eigenvalue weighted by Gasteiger charge is -2.16. The molecule has 144 valence electrons. The van der Waals surface area contributed by atoms with Gasteiger partial charge in [0.25, 0.3) is 15.7 Å². The van der Waals surface area contributed by atoms with E-state index in [1.165, 1.54) is 0 Å². The molecule has 0 unspecified atom stereocenters. The van der Waals surface area contributed by atoms with E-state index < -0.39 is 43.2 Å². The number of nitrogens with one attached hydrogen (secondary N) is 2. The molecular weight excluding hydrogens is 391 g/mol. The van der Waals surface area contributed by atoms with E-state index in [1.807, 2.05) is 4.72 Å². The second-order valence-corrected chi connectivity index (χ2v) is 6.98. The zero-order valence-corrected chi connectivity index (χ0v) is 14.4. The standard InChI is InChI=1S/C15H12F3N3O5S/c1-9(22)19-10-2-7-14(13(8-10)15(16,17)18)20-27(25,26)12-5-3-11(4-6-12)21(23)24/h2-8,20H,1H3,(H,19,22). The molecule has 0 heterocycles. The third-order valence-corrected chi connectivity index (χ3v) is 4.63. The second-order valence-electron chi connectivity index (χ2n) is 5.30. The summed E-state index contributed by atoms with van der Waals surface area (Å²) in [5.74, 6) is -0.595. The van der Waals surface area contributed by atoms with Gasteiger partial charge in [0.1, 0.15) is 0 Å². The Morgan fingerprint density at radius 1 is 1.11 bits per heavy atom.